The van der Waals surface area contributed by atoms with Crippen LogP contribution in [0.25, 0.3) is 0 Å². The Hall–Kier alpha value is -0.240. The molecule has 0 aliphatic carbocycles. The molecule has 0 aliphatic heterocycles. The van der Waals surface area contributed by atoms with Crippen molar-refractivity contribution < 1.29 is 0 Å². The number of hydrogen-bond donors (Lipinski definition) is 1. The van der Waals surface area contributed by atoms with E-state index in [1.807, 2.05) is 19.2 Å². The molecule has 0 saturated heterocycles. The summed E-state index contributed by atoms with van der Waals surface area (Å²) < 4.78 is 4.63. The molecular formula is C12H13Br3N4. The molecule has 0 saturated carbocycles. The van der Waals surface area contributed by atoms with E-state index >= 15 is 0 Å². The van der Waals surface area contributed by atoms with E-state index in [1.54, 1.807) is 4.68 Å². The van der Waals surface area contributed by atoms with Crippen molar-refractivity contribution in [3.05, 3.63) is 43.0 Å². The summed E-state index contributed by atoms with van der Waals surface area (Å²) in [6.07, 6.45) is 0. The first-order valence-electron chi connectivity index (χ1n) is 5.78. The average Bonchev–Trinajstić information content (AvgIpc) is 2.70. The molecule has 0 spiro atoms. The van der Waals surface area contributed by atoms with E-state index in [-0.39, 0.29) is 6.04 Å². The second kappa shape index (κ2) is 6.47. The Kier molecular flexibility index (Phi) is 5.16. The van der Waals surface area contributed by atoms with Crippen LogP contribution in [0.15, 0.2) is 31.7 Å². The number of aryl methyl sites for hydroxylation is 1. The van der Waals surface area contributed by atoms with Gasteiger partial charge in [-0.3, -0.25) is 0 Å². The van der Waals surface area contributed by atoms with Crippen LogP contribution in [0.5, 0.6) is 0 Å². The summed E-state index contributed by atoms with van der Waals surface area (Å²) in [6, 6.07) is 6.15. The van der Waals surface area contributed by atoms with Gasteiger partial charge in [-0.15, -0.1) is 5.10 Å². The van der Waals surface area contributed by atoms with Crippen LogP contribution in [0, 0.1) is 0 Å². The molecule has 1 aromatic carbocycles. The molecule has 2 rings (SSSR count). The number of nitrogens with one attached hydrogen (secondary N) is 1. The summed E-state index contributed by atoms with van der Waals surface area (Å²) in [7, 11) is 1.89. The van der Waals surface area contributed by atoms with Crippen molar-refractivity contribution in [3.63, 3.8) is 0 Å². The molecule has 0 fully saturated rings. The Bertz CT molecular complexity index is 563. The van der Waals surface area contributed by atoms with Crippen molar-refractivity contribution in [1.29, 1.82) is 0 Å². The Morgan fingerprint density at radius 3 is 2.63 bits per heavy atom. The second-order valence-corrected chi connectivity index (χ2v) is 6.57. The van der Waals surface area contributed by atoms with Gasteiger partial charge < -0.3 is 5.32 Å². The van der Waals surface area contributed by atoms with Crippen LogP contribution in [0.1, 0.15) is 24.2 Å². The maximum absolute atomic E-state index is 4.06. The normalized spacial score (nSPS) is 12.7. The molecule has 0 radical (unpaired) electrons. The Morgan fingerprint density at radius 2 is 2.05 bits per heavy atom. The molecular weight excluding hydrogens is 440 g/mol. The zero-order valence-corrected chi connectivity index (χ0v) is 15.3. The van der Waals surface area contributed by atoms with Gasteiger partial charge in [-0.25, -0.2) is 4.68 Å². The molecule has 4 nitrogen and oxygen atoms in total. The molecule has 19 heavy (non-hydrogen) atoms. The highest BCUT2D eigenvalue weighted by Gasteiger charge is 2.23. The van der Waals surface area contributed by atoms with Gasteiger partial charge >= 0.3 is 0 Å². The van der Waals surface area contributed by atoms with E-state index in [2.05, 4.69) is 76.4 Å². The van der Waals surface area contributed by atoms with Crippen molar-refractivity contribution in [2.45, 2.75) is 13.0 Å². The van der Waals surface area contributed by atoms with Crippen LogP contribution < -0.4 is 5.32 Å². The number of nitrogens with zero attached hydrogens (tertiary/aromatic N) is 3. The minimum atomic E-state index is 0.0197. The number of rotatable bonds is 4. The Labute approximate surface area is 137 Å². The minimum absolute atomic E-state index is 0.0197. The van der Waals surface area contributed by atoms with Crippen molar-refractivity contribution in [2.75, 3.05) is 6.54 Å². The molecule has 7 heteroatoms. The molecule has 102 valence electrons. The summed E-state index contributed by atoms with van der Waals surface area (Å²) in [6.45, 7) is 2.93. The molecule has 0 amide bonds. The zero-order valence-electron chi connectivity index (χ0n) is 10.5. The van der Waals surface area contributed by atoms with E-state index in [1.165, 1.54) is 0 Å². The standard InChI is InChI=1S/C12H13Br3N4/c1-3-16-10(11-12(15)17-18-19(11)2)8-6-7(13)4-5-9(8)14/h4-6,10,16H,3H2,1-2H3. The fourth-order valence-electron chi connectivity index (χ4n) is 1.94. The topological polar surface area (TPSA) is 42.7 Å². The third-order valence-electron chi connectivity index (χ3n) is 2.78. The average molecular weight is 453 g/mol. The van der Waals surface area contributed by atoms with Crippen LogP contribution in [0.4, 0.5) is 0 Å². The SMILES string of the molecule is CCNC(c1cc(Br)ccc1Br)c1c(Br)nnn1C. The first-order valence-corrected chi connectivity index (χ1v) is 8.16. The van der Waals surface area contributed by atoms with Gasteiger partial charge in [-0.2, -0.15) is 0 Å². The van der Waals surface area contributed by atoms with Gasteiger partial charge in [-0.1, -0.05) is 44.0 Å². The quantitative estimate of drug-likeness (QED) is 0.767. The lowest BCUT2D eigenvalue weighted by atomic mass is 10.0. The largest absolute Gasteiger partial charge is 0.305 e. The summed E-state index contributed by atoms with van der Waals surface area (Å²) >= 11 is 10.6. The van der Waals surface area contributed by atoms with Gasteiger partial charge in [0.2, 0.25) is 0 Å². The van der Waals surface area contributed by atoms with E-state index in [4.69, 9.17) is 0 Å². The number of aromatic nitrogens is 3. The summed E-state index contributed by atoms with van der Waals surface area (Å²) in [4.78, 5) is 0. The van der Waals surface area contributed by atoms with Crippen LogP contribution in [-0.4, -0.2) is 21.5 Å². The molecule has 0 aliphatic rings. The minimum Gasteiger partial charge on any atom is -0.305 e. The van der Waals surface area contributed by atoms with Gasteiger partial charge in [0.25, 0.3) is 0 Å². The molecule has 0 bridgehead atoms. The second-order valence-electron chi connectivity index (χ2n) is 4.05. The maximum atomic E-state index is 4.06. The predicted octanol–water partition coefficient (Wildman–Crippen LogP) is 3.80. The summed E-state index contributed by atoms with van der Waals surface area (Å²) in [5.41, 5.74) is 2.14. The lowest BCUT2D eigenvalue weighted by molar-refractivity contribution is 0.565. The van der Waals surface area contributed by atoms with Gasteiger partial charge in [0, 0.05) is 16.0 Å². The van der Waals surface area contributed by atoms with Crippen LogP contribution in [0.3, 0.4) is 0 Å². The van der Waals surface area contributed by atoms with E-state index in [0.29, 0.717) is 0 Å². The van der Waals surface area contributed by atoms with Gasteiger partial charge in [-0.05, 0) is 46.2 Å². The third kappa shape index (κ3) is 3.26. The fourth-order valence-corrected chi connectivity index (χ4v) is 3.35. The number of halogens is 3. The monoisotopic (exact) mass is 450 g/mol. The van der Waals surface area contributed by atoms with Crippen molar-refractivity contribution in [1.82, 2.24) is 20.3 Å². The summed E-state index contributed by atoms with van der Waals surface area (Å²) in [5.74, 6) is 0. The summed E-state index contributed by atoms with van der Waals surface area (Å²) in [5, 5.41) is 11.6. The number of hydrogen-bond acceptors (Lipinski definition) is 3. The Morgan fingerprint density at radius 1 is 1.32 bits per heavy atom. The molecule has 1 N–H and O–H groups in total. The van der Waals surface area contributed by atoms with E-state index < -0.39 is 0 Å². The van der Waals surface area contributed by atoms with E-state index in [9.17, 15) is 0 Å². The first kappa shape index (κ1) is 15.2. The van der Waals surface area contributed by atoms with Crippen molar-refractivity contribution >= 4 is 47.8 Å². The van der Waals surface area contributed by atoms with E-state index in [0.717, 1.165) is 31.4 Å². The van der Waals surface area contributed by atoms with Crippen molar-refractivity contribution in [3.8, 4) is 0 Å². The molecule has 1 atom stereocenters. The van der Waals surface area contributed by atoms with Crippen LogP contribution in [0.2, 0.25) is 0 Å². The fraction of sp³-hybridized carbons (Fsp3) is 0.333. The Balaban J connectivity index is 2.54. The van der Waals surface area contributed by atoms with Crippen LogP contribution in [-0.2, 0) is 7.05 Å². The zero-order chi connectivity index (χ0) is 14.0. The van der Waals surface area contributed by atoms with Crippen LogP contribution >= 0.6 is 47.8 Å². The highest BCUT2D eigenvalue weighted by Crippen LogP contribution is 2.33. The predicted molar refractivity (Wildman–Crippen MR) is 86.1 cm³/mol. The molecule has 2 aromatic rings. The van der Waals surface area contributed by atoms with Crippen molar-refractivity contribution in [2.24, 2.45) is 7.05 Å². The maximum Gasteiger partial charge on any atom is 0.153 e. The highest BCUT2D eigenvalue weighted by atomic mass is 79.9. The first-order chi connectivity index (χ1) is 9.04. The molecule has 1 unspecified atom stereocenters. The van der Waals surface area contributed by atoms with Gasteiger partial charge in [0.1, 0.15) is 0 Å². The molecule has 1 aromatic heterocycles. The molecule has 1 heterocycles. The lowest BCUT2D eigenvalue weighted by Crippen LogP contribution is -2.25. The smallest absolute Gasteiger partial charge is 0.153 e. The van der Waals surface area contributed by atoms with Gasteiger partial charge in [0.15, 0.2) is 4.60 Å². The lowest BCUT2D eigenvalue weighted by Gasteiger charge is -2.20. The number of benzene rings is 1. The highest BCUT2D eigenvalue weighted by molar-refractivity contribution is 9.11. The third-order valence-corrected chi connectivity index (χ3v) is 4.56. The van der Waals surface area contributed by atoms with Gasteiger partial charge in [0.05, 0.1) is 11.7 Å².